The molecule has 0 aromatic carbocycles. The monoisotopic (exact) mass is 192 g/mol. The van der Waals surface area contributed by atoms with Crippen molar-refractivity contribution in [1.82, 2.24) is 0 Å². The Kier molecular flexibility index (Phi) is 4.17. The molecule has 0 unspecified atom stereocenters. The van der Waals surface area contributed by atoms with Crippen molar-refractivity contribution < 1.29 is 4.42 Å². The van der Waals surface area contributed by atoms with Crippen LogP contribution < -0.4 is 5.63 Å². The average Bonchev–Trinajstić information content (AvgIpc) is 2.11. The van der Waals surface area contributed by atoms with Crippen LogP contribution in [0.3, 0.4) is 0 Å². The van der Waals surface area contributed by atoms with Gasteiger partial charge in [0, 0.05) is 6.07 Å². The lowest BCUT2D eigenvalue weighted by Gasteiger charge is -1.94. The summed E-state index contributed by atoms with van der Waals surface area (Å²) >= 11 is 0. The number of rotatable bonds is 4. The second-order valence-electron chi connectivity index (χ2n) is 3.37. The predicted octanol–water partition coefficient (Wildman–Crippen LogP) is 3.15. The Morgan fingerprint density at radius 3 is 2.86 bits per heavy atom. The van der Waals surface area contributed by atoms with Gasteiger partial charge in [0.25, 0.3) is 0 Å². The van der Waals surface area contributed by atoms with Gasteiger partial charge in [0.2, 0.25) is 0 Å². The molecule has 0 fully saturated rings. The van der Waals surface area contributed by atoms with Crippen molar-refractivity contribution in [3.63, 3.8) is 0 Å². The van der Waals surface area contributed by atoms with Crippen LogP contribution in [-0.2, 0) is 0 Å². The number of hydrogen-bond donors (Lipinski definition) is 0. The van der Waals surface area contributed by atoms with Crippen molar-refractivity contribution in [3.05, 3.63) is 40.0 Å². The van der Waals surface area contributed by atoms with Crippen LogP contribution >= 0.6 is 0 Å². The van der Waals surface area contributed by atoms with Gasteiger partial charge in [-0.2, -0.15) is 0 Å². The largest absolute Gasteiger partial charge is 0.428 e. The Morgan fingerprint density at radius 2 is 2.21 bits per heavy atom. The number of unbranched alkanes of at least 4 members (excludes halogenated alkanes) is 2. The first-order chi connectivity index (χ1) is 6.72. The van der Waals surface area contributed by atoms with Crippen LogP contribution in [0.1, 0.15) is 37.5 Å². The summed E-state index contributed by atoms with van der Waals surface area (Å²) in [6, 6.07) is 3.37. The standard InChI is InChI=1S/C12H16O2/c1-3-4-5-6-7-11-8-10(2)14-12(13)9-11/h6-9H,3-5H2,1-2H3/b7-6+. The molecule has 0 saturated carbocycles. The topological polar surface area (TPSA) is 30.2 Å². The average molecular weight is 192 g/mol. The third-order valence-corrected chi connectivity index (χ3v) is 1.95. The van der Waals surface area contributed by atoms with E-state index in [9.17, 15) is 4.79 Å². The molecule has 0 atom stereocenters. The lowest BCUT2D eigenvalue weighted by molar-refractivity contribution is 0.480. The minimum absolute atomic E-state index is 0.278. The van der Waals surface area contributed by atoms with Gasteiger partial charge in [-0.1, -0.05) is 31.9 Å². The van der Waals surface area contributed by atoms with E-state index < -0.39 is 0 Å². The Hall–Kier alpha value is -1.31. The van der Waals surface area contributed by atoms with Gasteiger partial charge in [-0.05, 0) is 25.0 Å². The molecule has 14 heavy (non-hydrogen) atoms. The van der Waals surface area contributed by atoms with Gasteiger partial charge in [-0.15, -0.1) is 0 Å². The highest BCUT2D eigenvalue weighted by Gasteiger charge is 1.93. The minimum Gasteiger partial charge on any atom is -0.428 e. The van der Waals surface area contributed by atoms with Crippen LogP contribution in [0.5, 0.6) is 0 Å². The molecule has 0 bridgehead atoms. The van der Waals surface area contributed by atoms with Crippen LogP contribution in [0.2, 0.25) is 0 Å². The van der Waals surface area contributed by atoms with Gasteiger partial charge in [0.05, 0.1) is 0 Å². The Balaban J connectivity index is 2.67. The van der Waals surface area contributed by atoms with Crippen LogP contribution in [0.15, 0.2) is 27.4 Å². The van der Waals surface area contributed by atoms with Crippen LogP contribution in [0.4, 0.5) is 0 Å². The highest BCUT2D eigenvalue weighted by molar-refractivity contribution is 5.48. The normalized spacial score (nSPS) is 11.0. The molecule has 2 heteroatoms. The summed E-state index contributed by atoms with van der Waals surface area (Å²) < 4.78 is 4.86. The molecule has 0 aliphatic heterocycles. The molecule has 0 N–H and O–H groups in total. The fourth-order valence-corrected chi connectivity index (χ4v) is 1.27. The molecule has 0 spiro atoms. The van der Waals surface area contributed by atoms with E-state index >= 15 is 0 Å². The van der Waals surface area contributed by atoms with E-state index in [-0.39, 0.29) is 5.63 Å². The van der Waals surface area contributed by atoms with Crippen LogP contribution in [-0.4, -0.2) is 0 Å². The Bertz CT molecular complexity index is 361. The molecular formula is C12H16O2. The lowest BCUT2D eigenvalue weighted by atomic mass is 10.2. The highest BCUT2D eigenvalue weighted by Crippen LogP contribution is 2.04. The predicted molar refractivity (Wildman–Crippen MR) is 58.3 cm³/mol. The molecule has 1 aromatic rings. The maximum absolute atomic E-state index is 11.0. The molecule has 1 aromatic heterocycles. The molecule has 1 heterocycles. The van der Waals surface area contributed by atoms with E-state index in [2.05, 4.69) is 13.0 Å². The molecular weight excluding hydrogens is 176 g/mol. The third kappa shape index (κ3) is 3.60. The molecule has 0 radical (unpaired) electrons. The fraction of sp³-hybridized carbons (Fsp3) is 0.417. The van der Waals surface area contributed by atoms with E-state index in [4.69, 9.17) is 4.42 Å². The summed E-state index contributed by atoms with van der Waals surface area (Å²) in [7, 11) is 0. The zero-order valence-corrected chi connectivity index (χ0v) is 8.75. The summed E-state index contributed by atoms with van der Waals surface area (Å²) in [6.45, 7) is 3.94. The third-order valence-electron chi connectivity index (χ3n) is 1.95. The van der Waals surface area contributed by atoms with Gasteiger partial charge < -0.3 is 4.42 Å². The van der Waals surface area contributed by atoms with E-state index in [1.807, 2.05) is 12.1 Å². The smallest absolute Gasteiger partial charge is 0.336 e. The first-order valence-electron chi connectivity index (χ1n) is 5.00. The van der Waals surface area contributed by atoms with Gasteiger partial charge in [-0.3, -0.25) is 0 Å². The molecule has 0 aliphatic rings. The van der Waals surface area contributed by atoms with Gasteiger partial charge in [-0.25, -0.2) is 4.79 Å². The Morgan fingerprint density at radius 1 is 1.43 bits per heavy atom. The van der Waals surface area contributed by atoms with Gasteiger partial charge in [0.15, 0.2) is 0 Å². The molecule has 76 valence electrons. The first kappa shape index (κ1) is 10.8. The second-order valence-corrected chi connectivity index (χ2v) is 3.37. The number of allylic oxidation sites excluding steroid dienone is 1. The SMILES string of the molecule is CCCC/C=C/c1cc(C)oc(=O)c1. The number of aryl methyl sites for hydroxylation is 1. The highest BCUT2D eigenvalue weighted by atomic mass is 16.4. The quantitative estimate of drug-likeness (QED) is 0.686. The van der Waals surface area contributed by atoms with Crippen molar-refractivity contribution in [2.24, 2.45) is 0 Å². The van der Waals surface area contributed by atoms with E-state index in [0.29, 0.717) is 5.76 Å². The summed E-state index contributed by atoms with van der Waals surface area (Å²) in [5.74, 6) is 0.660. The maximum Gasteiger partial charge on any atom is 0.336 e. The summed E-state index contributed by atoms with van der Waals surface area (Å²) in [5.41, 5.74) is 0.648. The van der Waals surface area contributed by atoms with Crippen molar-refractivity contribution in [2.75, 3.05) is 0 Å². The zero-order chi connectivity index (χ0) is 10.4. The van der Waals surface area contributed by atoms with Gasteiger partial charge in [0.1, 0.15) is 5.76 Å². The minimum atomic E-state index is -0.278. The maximum atomic E-state index is 11.0. The molecule has 1 rings (SSSR count). The Labute approximate surface area is 84.3 Å². The molecule has 2 nitrogen and oxygen atoms in total. The van der Waals surface area contributed by atoms with Crippen molar-refractivity contribution in [2.45, 2.75) is 33.1 Å². The van der Waals surface area contributed by atoms with Crippen molar-refractivity contribution in [3.8, 4) is 0 Å². The second kappa shape index (κ2) is 5.43. The van der Waals surface area contributed by atoms with Crippen LogP contribution in [0.25, 0.3) is 6.08 Å². The molecule has 0 aliphatic carbocycles. The fourth-order valence-electron chi connectivity index (χ4n) is 1.27. The zero-order valence-electron chi connectivity index (χ0n) is 8.75. The summed E-state index contributed by atoms with van der Waals surface area (Å²) in [5, 5.41) is 0. The molecule has 0 saturated heterocycles. The lowest BCUT2D eigenvalue weighted by Crippen LogP contribution is -1.97. The van der Waals surface area contributed by atoms with Crippen molar-refractivity contribution >= 4 is 6.08 Å². The van der Waals surface area contributed by atoms with E-state index in [1.165, 1.54) is 18.9 Å². The summed E-state index contributed by atoms with van der Waals surface area (Å²) in [4.78, 5) is 11.0. The van der Waals surface area contributed by atoms with E-state index in [0.717, 1.165) is 12.0 Å². The summed E-state index contributed by atoms with van der Waals surface area (Å²) in [6.07, 6.45) is 7.52. The number of hydrogen-bond acceptors (Lipinski definition) is 2. The van der Waals surface area contributed by atoms with Gasteiger partial charge >= 0.3 is 5.63 Å². The molecule has 0 amide bonds. The van der Waals surface area contributed by atoms with Crippen molar-refractivity contribution in [1.29, 1.82) is 0 Å². The first-order valence-corrected chi connectivity index (χ1v) is 5.00. The van der Waals surface area contributed by atoms with Crippen LogP contribution in [0, 0.1) is 6.92 Å². The van der Waals surface area contributed by atoms with E-state index in [1.54, 1.807) is 6.92 Å².